The molecule has 1 aromatic rings. The first-order chi connectivity index (χ1) is 6.81. The van der Waals surface area contributed by atoms with E-state index in [0.717, 1.165) is 0 Å². The minimum atomic E-state index is -4.17. The molecule has 0 aliphatic carbocycles. The molecule has 0 aliphatic rings. The highest BCUT2D eigenvalue weighted by Crippen LogP contribution is 2.28. The molecule has 0 saturated carbocycles. The predicted octanol–water partition coefficient (Wildman–Crippen LogP) is 2.42. The number of halogens is 3. The largest absolute Gasteiger partial charge is 0.391 e. The van der Waals surface area contributed by atoms with E-state index in [9.17, 15) is 13.2 Å². The lowest BCUT2D eigenvalue weighted by atomic mass is 10.2. The fourth-order valence-electron chi connectivity index (χ4n) is 1.47. The van der Waals surface area contributed by atoms with Crippen molar-refractivity contribution in [3.05, 3.63) is 18.2 Å². The van der Waals surface area contributed by atoms with Gasteiger partial charge in [0.15, 0.2) is 0 Å². The molecule has 86 valence electrons. The number of aromatic nitrogens is 2. The second-order valence-corrected chi connectivity index (χ2v) is 3.68. The third-order valence-corrected chi connectivity index (χ3v) is 2.16. The van der Waals surface area contributed by atoms with E-state index in [-0.39, 0.29) is 6.04 Å². The van der Waals surface area contributed by atoms with Gasteiger partial charge in [-0.25, -0.2) is 4.98 Å². The molecule has 1 rings (SSSR count). The van der Waals surface area contributed by atoms with E-state index in [0.29, 0.717) is 5.69 Å². The van der Waals surface area contributed by atoms with Gasteiger partial charge in [0.1, 0.15) is 0 Å². The van der Waals surface area contributed by atoms with E-state index in [1.807, 2.05) is 0 Å². The summed E-state index contributed by atoms with van der Waals surface area (Å²) in [5.41, 5.74) is 6.24. The predicted molar refractivity (Wildman–Crippen MR) is 50.2 cm³/mol. The molecular weight excluding hydrogens is 207 g/mol. The molecule has 3 nitrogen and oxygen atoms in total. The Labute approximate surface area is 86.1 Å². The molecule has 1 heterocycles. The Morgan fingerprint density at radius 3 is 2.53 bits per heavy atom. The van der Waals surface area contributed by atoms with Gasteiger partial charge in [-0.15, -0.1) is 0 Å². The topological polar surface area (TPSA) is 43.8 Å². The van der Waals surface area contributed by atoms with E-state index in [2.05, 4.69) is 4.98 Å². The minimum Gasteiger partial charge on any atom is -0.330 e. The van der Waals surface area contributed by atoms with Crippen molar-refractivity contribution in [1.29, 1.82) is 0 Å². The number of alkyl halides is 3. The van der Waals surface area contributed by atoms with Crippen LogP contribution in [0.15, 0.2) is 12.5 Å². The molecule has 0 aliphatic heterocycles. The van der Waals surface area contributed by atoms with Gasteiger partial charge >= 0.3 is 6.18 Å². The lowest BCUT2D eigenvalue weighted by Gasteiger charge is -2.19. The van der Waals surface area contributed by atoms with Crippen molar-refractivity contribution >= 4 is 0 Å². The Morgan fingerprint density at radius 2 is 2.07 bits per heavy atom. The first kappa shape index (κ1) is 12.0. The van der Waals surface area contributed by atoms with E-state index in [1.54, 1.807) is 6.92 Å². The van der Waals surface area contributed by atoms with Gasteiger partial charge < -0.3 is 10.3 Å². The summed E-state index contributed by atoms with van der Waals surface area (Å²) in [5, 5.41) is 0. The van der Waals surface area contributed by atoms with Crippen molar-refractivity contribution in [2.24, 2.45) is 5.73 Å². The third kappa shape index (κ3) is 3.23. The van der Waals surface area contributed by atoms with Crippen LogP contribution in [-0.2, 0) is 0 Å². The molecule has 0 radical (unpaired) electrons. The van der Waals surface area contributed by atoms with E-state index >= 15 is 0 Å². The van der Waals surface area contributed by atoms with Crippen molar-refractivity contribution < 1.29 is 13.2 Å². The molecular formula is C9H14F3N3. The summed E-state index contributed by atoms with van der Waals surface area (Å²) in [6.45, 7) is 3.22. The quantitative estimate of drug-likeness (QED) is 0.851. The number of nitrogens with two attached hydrogens (primary N) is 1. The molecule has 2 atom stereocenters. The molecule has 2 N–H and O–H groups in total. The average molecular weight is 221 g/mol. The van der Waals surface area contributed by atoms with E-state index in [4.69, 9.17) is 5.73 Å². The molecule has 0 amide bonds. The van der Waals surface area contributed by atoms with Crippen LogP contribution in [0.3, 0.4) is 0 Å². The van der Waals surface area contributed by atoms with Gasteiger partial charge in [-0.2, -0.15) is 13.2 Å². The summed E-state index contributed by atoms with van der Waals surface area (Å²) in [5.74, 6) is 0. The standard InChI is InChI=1S/C9H14F3N3/c1-6(3-9(10,11)12)15-5-14-4-8(15)7(2)13/h4-7H,3,13H2,1-2H3/t6?,7-/m1/s1. The lowest BCUT2D eigenvalue weighted by molar-refractivity contribution is -0.141. The second-order valence-electron chi connectivity index (χ2n) is 3.68. The SMILES string of the molecule is CC(CC(F)(F)F)n1cncc1[C@@H](C)N. The first-order valence-corrected chi connectivity index (χ1v) is 4.65. The number of imidazole rings is 1. The van der Waals surface area contributed by atoms with Crippen LogP contribution in [0.25, 0.3) is 0 Å². The minimum absolute atomic E-state index is 0.316. The van der Waals surface area contributed by atoms with Crippen LogP contribution in [0.4, 0.5) is 13.2 Å². The van der Waals surface area contributed by atoms with Gasteiger partial charge in [-0.05, 0) is 13.8 Å². The maximum atomic E-state index is 12.2. The molecule has 0 aromatic carbocycles. The number of rotatable bonds is 3. The maximum absolute atomic E-state index is 12.2. The summed E-state index contributed by atoms with van der Waals surface area (Å²) in [6.07, 6.45) is -2.16. The molecule has 0 saturated heterocycles. The summed E-state index contributed by atoms with van der Waals surface area (Å²) in [7, 11) is 0. The second kappa shape index (κ2) is 4.22. The van der Waals surface area contributed by atoms with Crippen molar-refractivity contribution in [2.45, 2.75) is 38.5 Å². The summed E-state index contributed by atoms with van der Waals surface area (Å²) < 4.78 is 38.0. The fourth-order valence-corrected chi connectivity index (χ4v) is 1.47. The van der Waals surface area contributed by atoms with Crippen LogP contribution in [0.5, 0.6) is 0 Å². The molecule has 0 bridgehead atoms. The zero-order chi connectivity index (χ0) is 11.6. The molecule has 1 unspecified atom stereocenters. The van der Waals surface area contributed by atoms with Crippen molar-refractivity contribution in [1.82, 2.24) is 9.55 Å². The maximum Gasteiger partial charge on any atom is 0.391 e. The Kier molecular flexibility index (Phi) is 3.38. The summed E-state index contributed by atoms with van der Waals surface area (Å²) in [6, 6.07) is -0.989. The van der Waals surface area contributed by atoms with E-state index in [1.165, 1.54) is 24.0 Å². The van der Waals surface area contributed by atoms with Crippen LogP contribution in [-0.4, -0.2) is 15.7 Å². The number of nitrogens with zero attached hydrogens (tertiary/aromatic N) is 2. The van der Waals surface area contributed by atoms with Gasteiger partial charge in [0, 0.05) is 18.3 Å². The fraction of sp³-hybridized carbons (Fsp3) is 0.667. The van der Waals surface area contributed by atoms with Crippen LogP contribution < -0.4 is 5.73 Å². The highest BCUT2D eigenvalue weighted by molar-refractivity contribution is 5.04. The van der Waals surface area contributed by atoms with Gasteiger partial charge in [0.2, 0.25) is 0 Å². The van der Waals surface area contributed by atoms with Gasteiger partial charge in [0.25, 0.3) is 0 Å². The lowest BCUT2D eigenvalue weighted by Crippen LogP contribution is -2.20. The zero-order valence-electron chi connectivity index (χ0n) is 8.62. The monoisotopic (exact) mass is 221 g/mol. The average Bonchev–Trinajstić information content (AvgIpc) is 2.47. The number of hydrogen-bond donors (Lipinski definition) is 1. The van der Waals surface area contributed by atoms with E-state index < -0.39 is 18.6 Å². The highest BCUT2D eigenvalue weighted by Gasteiger charge is 2.31. The third-order valence-electron chi connectivity index (χ3n) is 2.16. The zero-order valence-corrected chi connectivity index (χ0v) is 8.62. The van der Waals surface area contributed by atoms with Crippen LogP contribution in [0, 0.1) is 0 Å². The molecule has 0 fully saturated rings. The first-order valence-electron chi connectivity index (χ1n) is 4.65. The highest BCUT2D eigenvalue weighted by atomic mass is 19.4. The molecule has 6 heteroatoms. The Balaban J connectivity index is 2.82. The summed E-state index contributed by atoms with van der Waals surface area (Å²) in [4.78, 5) is 3.81. The van der Waals surface area contributed by atoms with Crippen molar-refractivity contribution in [3.8, 4) is 0 Å². The Morgan fingerprint density at radius 1 is 1.47 bits per heavy atom. The van der Waals surface area contributed by atoms with Gasteiger partial charge in [-0.3, -0.25) is 0 Å². The smallest absolute Gasteiger partial charge is 0.330 e. The Hall–Kier alpha value is -1.04. The molecule has 15 heavy (non-hydrogen) atoms. The van der Waals surface area contributed by atoms with Crippen LogP contribution in [0.2, 0.25) is 0 Å². The van der Waals surface area contributed by atoms with Gasteiger partial charge in [0.05, 0.1) is 18.4 Å². The van der Waals surface area contributed by atoms with Crippen molar-refractivity contribution in [3.63, 3.8) is 0 Å². The van der Waals surface area contributed by atoms with Gasteiger partial charge in [-0.1, -0.05) is 0 Å². The van der Waals surface area contributed by atoms with Crippen molar-refractivity contribution in [2.75, 3.05) is 0 Å². The normalized spacial score (nSPS) is 16.4. The van der Waals surface area contributed by atoms with Crippen LogP contribution in [0.1, 0.15) is 38.0 Å². The van der Waals surface area contributed by atoms with Crippen LogP contribution >= 0.6 is 0 Å². The summed E-state index contributed by atoms with van der Waals surface area (Å²) >= 11 is 0. The molecule has 0 spiro atoms. The number of hydrogen-bond acceptors (Lipinski definition) is 2. The Bertz CT molecular complexity index is 317. The molecule has 1 aromatic heterocycles.